The lowest BCUT2D eigenvalue weighted by molar-refractivity contribution is -0.683. The maximum Gasteiger partial charge on any atom is 0.262 e. The van der Waals surface area contributed by atoms with Crippen molar-refractivity contribution in [2.45, 2.75) is 97.4 Å². The first kappa shape index (κ1) is 30.7. The molecule has 0 aliphatic rings. The van der Waals surface area contributed by atoms with Gasteiger partial charge in [0.2, 0.25) is 5.51 Å². The molecule has 1 N–H and O–H groups in total. The molecule has 0 bridgehead atoms. The fourth-order valence-electron chi connectivity index (χ4n) is 4.65. The molecule has 3 aromatic rings. The van der Waals surface area contributed by atoms with Gasteiger partial charge < -0.3 is 14.8 Å². The lowest BCUT2D eigenvalue weighted by Crippen LogP contribution is -2.31. The molecule has 0 aliphatic carbocycles. The molecule has 0 saturated carbocycles. The van der Waals surface area contributed by atoms with Crippen LogP contribution in [0.2, 0.25) is 0 Å². The van der Waals surface area contributed by atoms with Crippen molar-refractivity contribution < 1.29 is 18.8 Å². The molecule has 1 heterocycles. The maximum absolute atomic E-state index is 12.7. The van der Waals surface area contributed by atoms with Crippen molar-refractivity contribution in [2.24, 2.45) is 0 Å². The van der Waals surface area contributed by atoms with Gasteiger partial charge in [-0.3, -0.25) is 4.79 Å². The molecule has 39 heavy (non-hydrogen) atoms. The SMILES string of the molecule is CCCCCCCCCCCCCCOc1ccccc1OCC(=O)Nc1ccccc1C[n+]1csc(C)c1. The van der Waals surface area contributed by atoms with Gasteiger partial charge in [0.05, 0.1) is 17.2 Å². The summed E-state index contributed by atoms with van der Waals surface area (Å²) in [6.07, 6.45) is 18.0. The van der Waals surface area contributed by atoms with Gasteiger partial charge in [-0.25, -0.2) is 0 Å². The van der Waals surface area contributed by atoms with Gasteiger partial charge in [0.15, 0.2) is 30.8 Å². The summed E-state index contributed by atoms with van der Waals surface area (Å²) in [6, 6.07) is 15.5. The van der Waals surface area contributed by atoms with Crippen LogP contribution in [-0.4, -0.2) is 19.1 Å². The molecular weight excluding hydrogens is 504 g/mol. The number of amides is 1. The number of aryl methyl sites for hydroxylation is 1. The predicted molar refractivity (Wildman–Crippen MR) is 162 cm³/mol. The number of hydrogen-bond donors (Lipinski definition) is 1. The van der Waals surface area contributed by atoms with Crippen molar-refractivity contribution in [3.8, 4) is 11.5 Å². The molecule has 0 aliphatic heterocycles. The second-order valence-corrected chi connectivity index (χ2v) is 11.4. The minimum Gasteiger partial charge on any atom is -0.490 e. The zero-order valence-electron chi connectivity index (χ0n) is 24.0. The largest absolute Gasteiger partial charge is 0.490 e. The number of hydrogen-bond acceptors (Lipinski definition) is 4. The monoisotopic (exact) mass is 551 g/mol. The van der Waals surface area contributed by atoms with Crippen LogP contribution < -0.4 is 19.4 Å². The molecule has 212 valence electrons. The number of ether oxygens (including phenoxy) is 2. The molecule has 0 unspecified atom stereocenters. The van der Waals surface area contributed by atoms with E-state index in [2.05, 4.69) is 35.4 Å². The molecule has 1 amide bonds. The zero-order chi connectivity index (χ0) is 27.5. The van der Waals surface area contributed by atoms with Crippen molar-refractivity contribution in [3.63, 3.8) is 0 Å². The number of aromatic nitrogens is 1. The number of para-hydroxylation sites is 3. The number of unbranched alkanes of at least 4 members (excludes halogenated alkanes) is 11. The fourth-order valence-corrected chi connectivity index (χ4v) is 5.28. The standard InChI is InChI=1S/C33H46N2O3S/c1-3-4-5-6-7-8-9-10-11-12-13-18-23-37-31-21-16-17-22-32(31)38-26-33(36)34-30-20-15-14-19-29(30)25-35-24-28(2)39-27-35/h14-17,19-22,24,27H,3-13,18,23,25-26H2,1-2H3/p+1. The first-order valence-corrected chi connectivity index (χ1v) is 15.7. The number of thiazole rings is 1. The van der Waals surface area contributed by atoms with E-state index in [0.29, 0.717) is 24.7 Å². The lowest BCUT2D eigenvalue weighted by atomic mass is 10.1. The maximum atomic E-state index is 12.7. The third kappa shape index (κ3) is 12.2. The van der Waals surface area contributed by atoms with E-state index < -0.39 is 0 Å². The van der Waals surface area contributed by atoms with E-state index in [9.17, 15) is 4.79 Å². The Kier molecular flexibility index (Phi) is 14.5. The summed E-state index contributed by atoms with van der Waals surface area (Å²) in [6.45, 7) is 5.66. The number of carbonyl (C=O) groups is 1. The van der Waals surface area contributed by atoms with Gasteiger partial charge in [0, 0.05) is 5.56 Å². The van der Waals surface area contributed by atoms with Gasteiger partial charge >= 0.3 is 0 Å². The van der Waals surface area contributed by atoms with Crippen molar-refractivity contribution in [1.82, 2.24) is 0 Å². The summed E-state index contributed by atoms with van der Waals surface area (Å²) < 4.78 is 14.0. The Labute approximate surface area is 239 Å². The van der Waals surface area contributed by atoms with E-state index in [-0.39, 0.29) is 12.5 Å². The molecule has 5 nitrogen and oxygen atoms in total. The molecular formula is C33H47N2O3S+. The van der Waals surface area contributed by atoms with Crippen molar-refractivity contribution in [2.75, 3.05) is 18.5 Å². The fraction of sp³-hybridized carbons (Fsp3) is 0.515. The van der Waals surface area contributed by atoms with E-state index in [1.165, 1.54) is 75.5 Å². The summed E-state index contributed by atoms with van der Waals surface area (Å²) in [5.74, 6) is 1.10. The van der Waals surface area contributed by atoms with E-state index in [4.69, 9.17) is 9.47 Å². The van der Waals surface area contributed by atoms with Crippen LogP contribution >= 0.6 is 11.3 Å². The molecule has 0 fully saturated rings. The first-order valence-electron chi connectivity index (χ1n) is 14.8. The first-order chi connectivity index (χ1) is 19.2. The summed E-state index contributed by atoms with van der Waals surface area (Å²) in [5, 5.41) is 3.01. The average Bonchev–Trinajstić information content (AvgIpc) is 3.36. The van der Waals surface area contributed by atoms with Crippen LogP contribution in [0, 0.1) is 6.92 Å². The van der Waals surface area contributed by atoms with Crippen molar-refractivity contribution in [1.29, 1.82) is 0 Å². The molecule has 0 saturated heterocycles. The smallest absolute Gasteiger partial charge is 0.262 e. The van der Waals surface area contributed by atoms with Crippen LogP contribution in [0.5, 0.6) is 11.5 Å². The highest BCUT2D eigenvalue weighted by atomic mass is 32.1. The molecule has 6 heteroatoms. The molecule has 3 rings (SSSR count). The van der Waals surface area contributed by atoms with Gasteiger partial charge in [0.1, 0.15) is 0 Å². The third-order valence-electron chi connectivity index (χ3n) is 6.83. The summed E-state index contributed by atoms with van der Waals surface area (Å²) in [5.41, 5.74) is 3.95. The Morgan fingerprint density at radius 3 is 2.03 bits per heavy atom. The molecule has 0 atom stereocenters. The molecule has 0 spiro atoms. The van der Waals surface area contributed by atoms with E-state index in [1.807, 2.05) is 48.5 Å². The highest BCUT2D eigenvalue weighted by Gasteiger charge is 2.13. The molecule has 0 radical (unpaired) electrons. The summed E-state index contributed by atoms with van der Waals surface area (Å²) in [4.78, 5) is 14.0. The van der Waals surface area contributed by atoms with Crippen LogP contribution in [0.15, 0.2) is 60.2 Å². The average molecular weight is 552 g/mol. The highest BCUT2D eigenvalue weighted by molar-refractivity contribution is 7.09. The van der Waals surface area contributed by atoms with Gasteiger partial charge in [-0.1, -0.05) is 119 Å². The Morgan fingerprint density at radius 1 is 0.795 bits per heavy atom. The third-order valence-corrected chi connectivity index (χ3v) is 7.68. The van der Waals surface area contributed by atoms with Gasteiger partial charge in [-0.05, 0) is 31.5 Å². The Balaban J connectivity index is 1.32. The topological polar surface area (TPSA) is 51.4 Å². The second-order valence-electron chi connectivity index (χ2n) is 10.3. The Bertz CT molecular complexity index is 1100. The minimum atomic E-state index is -0.190. The van der Waals surface area contributed by atoms with Crippen LogP contribution in [0.1, 0.15) is 94.4 Å². The number of anilines is 1. The van der Waals surface area contributed by atoms with Crippen molar-refractivity contribution in [3.05, 3.63) is 70.7 Å². The zero-order valence-corrected chi connectivity index (χ0v) is 24.8. The quantitative estimate of drug-likeness (QED) is 0.113. The normalized spacial score (nSPS) is 10.9. The minimum absolute atomic E-state index is 0.0714. The lowest BCUT2D eigenvalue weighted by Gasteiger charge is -2.13. The summed E-state index contributed by atoms with van der Waals surface area (Å²) in [7, 11) is 0. The molecule has 2 aromatic carbocycles. The highest BCUT2D eigenvalue weighted by Crippen LogP contribution is 2.27. The summed E-state index contributed by atoms with van der Waals surface area (Å²) >= 11 is 1.71. The van der Waals surface area contributed by atoms with E-state index in [0.717, 1.165) is 17.7 Å². The number of rotatable bonds is 20. The number of carbonyl (C=O) groups excluding carboxylic acids is 1. The molecule has 1 aromatic heterocycles. The van der Waals surface area contributed by atoms with E-state index in [1.54, 1.807) is 11.3 Å². The van der Waals surface area contributed by atoms with Crippen LogP contribution in [0.3, 0.4) is 0 Å². The van der Waals surface area contributed by atoms with Gasteiger partial charge in [0.25, 0.3) is 5.91 Å². The second kappa shape index (κ2) is 18.4. The Morgan fingerprint density at radius 2 is 1.38 bits per heavy atom. The predicted octanol–water partition coefficient (Wildman–Crippen LogP) is 8.49. The number of nitrogens with one attached hydrogen (secondary N) is 1. The van der Waals surface area contributed by atoms with Gasteiger partial charge in [-0.2, -0.15) is 4.57 Å². The van der Waals surface area contributed by atoms with Crippen LogP contribution in [0.4, 0.5) is 5.69 Å². The van der Waals surface area contributed by atoms with Crippen LogP contribution in [-0.2, 0) is 11.3 Å². The Hall–Kier alpha value is -2.86. The van der Waals surface area contributed by atoms with Crippen molar-refractivity contribution >= 4 is 22.9 Å². The number of benzene rings is 2. The number of nitrogens with zero attached hydrogens (tertiary/aromatic N) is 1. The van der Waals surface area contributed by atoms with Crippen LogP contribution in [0.25, 0.3) is 0 Å². The van der Waals surface area contributed by atoms with Gasteiger partial charge in [-0.15, -0.1) is 0 Å². The van der Waals surface area contributed by atoms with E-state index >= 15 is 0 Å².